The summed E-state index contributed by atoms with van der Waals surface area (Å²) in [6.45, 7) is 3.09. The Balaban J connectivity index is 1.76. The second-order valence-electron chi connectivity index (χ2n) is 6.73. The molecule has 0 aliphatic carbocycles. The Kier molecular flexibility index (Phi) is 6.66. The van der Waals surface area contributed by atoms with Crippen molar-refractivity contribution in [1.82, 2.24) is 14.7 Å². The normalized spacial score (nSPS) is 11.1. The van der Waals surface area contributed by atoms with Crippen LogP contribution in [0.5, 0.6) is 0 Å². The van der Waals surface area contributed by atoms with Gasteiger partial charge in [-0.05, 0) is 30.5 Å². The molecule has 0 saturated heterocycles. The average molecular weight is 394 g/mol. The van der Waals surface area contributed by atoms with Gasteiger partial charge >= 0.3 is 0 Å². The van der Waals surface area contributed by atoms with Crippen LogP contribution in [-0.2, 0) is 24.8 Å². The molecule has 0 bridgehead atoms. The molecule has 3 aromatic rings. The SMILES string of the molecule is Cc1nn(C)c(Cl)c1/C=C/C(=O)N(CCc1ccccc1)Cc1ccccc1. The quantitative estimate of drug-likeness (QED) is 0.547. The molecular weight excluding hydrogens is 370 g/mol. The van der Waals surface area contributed by atoms with E-state index in [-0.39, 0.29) is 5.91 Å². The van der Waals surface area contributed by atoms with Crippen LogP contribution in [0.4, 0.5) is 0 Å². The number of hydrogen-bond acceptors (Lipinski definition) is 2. The minimum atomic E-state index is -0.0425. The summed E-state index contributed by atoms with van der Waals surface area (Å²) in [5.74, 6) is -0.0425. The number of carbonyl (C=O) groups excluding carboxylic acids is 1. The molecule has 3 rings (SSSR count). The second-order valence-corrected chi connectivity index (χ2v) is 7.09. The first kappa shape index (κ1) is 19.9. The smallest absolute Gasteiger partial charge is 0.246 e. The van der Waals surface area contributed by atoms with Gasteiger partial charge in [0.1, 0.15) is 5.15 Å². The molecule has 0 atom stereocenters. The number of aryl methyl sites for hydroxylation is 2. The predicted molar refractivity (Wildman–Crippen MR) is 114 cm³/mol. The third kappa shape index (κ3) is 5.11. The van der Waals surface area contributed by atoms with Crippen molar-refractivity contribution >= 4 is 23.6 Å². The van der Waals surface area contributed by atoms with Crippen LogP contribution < -0.4 is 0 Å². The molecule has 5 heteroatoms. The number of benzene rings is 2. The van der Waals surface area contributed by atoms with Crippen molar-refractivity contribution in [3.63, 3.8) is 0 Å². The van der Waals surface area contributed by atoms with E-state index in [0.717, 1.165) is 23.2 Å². The highest BCUT2D eigenvalue weighted by Crippen LogP contribution is 2.20. The lowest BCUT2D eigenvalue weighted by molar-refractivity contribution is -0.126. The summed E-state index contributed by atoms with van der Waals surface area (Å²) in [7, 11) is 1.79. The van der Waals surface area contributed by atoms with Gasteiger partial charge in [0.15, 0.2) is 0 Å². The Hall–Kier alpha value is -2.85. The molecule has 0 N–H and O–H groups in total. The van der Waals surface area contributed by atoms with Crippen LogP contribution in [0.25, 0.3) is 6.08 Å². The summed E-state index contributed by atoms with van der Waals surface area (Å²) >= 11 is 6.27. The third-order valence-electron chi connectivity index (χ3n) is 4.63. The molecule has 1 amide bonds. The van der Waals surface area contributed by atoms with Crippen molar-refractivity contribution in [2.75, 3.05) is 6.54 Å². The van der Waals surface area contributed by atoms with Gasteiger partial charge in [-0.1, -0.05) is 72.3 Å². The minimum absolute atomic E-state index is 0.0425. The number of amides is 1. The maximum atomic E-state index is 12.9. The summed E-state index contributed by atoms with van der Waals surface area (Å²) in [5, 5.41) is 4.81. The van der Waals surface area contributed by atoms with Gasteiger partial charge in [-0.3, -0.25) is 9.48 Å². The largest absolute Gasteiger partial charge is 0.335 e. The van der Waals surface area contributed by atoms with Crippen LogP contribution in [0.3, 0.4) is 0 Å². The van der Waals surface area contributed by atoms with Crippen molar-refractivity contribution in [3.8, 4) is 0 Å². The molecule has 28 heavy (non-hydrogen) atoms. The van der Waals surface area contributed by atoms with E-state index in [2.05, 4.69) is 17.2 Å². The first-order chi connectivity index (χ1) is 13.5. The maximum Gasteiger partial charge on any atom is 0.246 e. The van der Waals surface area contributed by atoms with Crippen molar-refractivity contribution in [2.24, 2.45) is 7.05 Å². The van der Waals surface area contributed by atoms with Crippen LogP contribution in [0.2, 0.25) is 5.15 Å². The van der Waals surface area contributed by atoms with Gasteiger partial charge < -0.3 is 4.90 Å². The monoisotopic (exact) mass is 393 g/mol. The van der Waals surface area contributed by atoms with E-state index in [1.807, 2.05) is 60.4 Å². The molecule has 144 valence electrons. The fraction of sp³-hybridized carbons (Fsp3) is 0.217. The average Bonchev–Trinajstić information content (AvgIpc) is 2.96. The molecule has 0 spiro atoms. The van der Waals surface area contributed by atoms with Crippen LogP contribution in [0, 0.1) is 6.92 Å². The first-order valence-electron chi connectivity index (χ1n) is 9.28. The van der Waals surface area contributed by atoms with Gasteiger partial charge in [0.25, 0.3) is 0 Å². The molecule has 0 unspecified atom stereocenters. The fourth-order valence-electron chi connectivity index (χ4n) is 3.08. The predicted octanol–water partition coefficient (Wildman–Crippen LogP) is 4.67. The molecule has 2 aromatic carbocycles. The first-order valence-corrected chi connectivity index (χ1v) is 9.66. The highest BCUT2D eigenvalue weighted by Gasteiger charge is 2.13. The molecular formula is C23H24ClN3O. The van der Waals surface area contributed by atoms with Gasteiger partial charge in [-0.15, -0.1) is 0 Å². The van der Waals surface area contributed by atoms with Crippen LogP contribution in [0.1, 0.15) is 22.4 Å². The number of carbonyl (C=O) groups is 1. The van der Waals surface area contributed by atoms with E-state index >= 15 is 0 Å². The highest BCUT2D eigenvalue weighted by atomic mass is 35.5. The Morgan fingerprint density at radius 2 is 1.68 bits per heavy atom. The lowest BCUT2D eigenvalue weighted by atomic mass is 10.1. The van der Waals surface area contributed by atoms with E-state index in [0.29, 0.717) is 18.2 Å². The summed E-state index contributed by atoms with van der Waals surface area (Å²) < 4.78 is 1.61. The molecule has 1 heterocycles. The van der Waals surface area contributed by atoms with E-state index in [1.54, 1.807) is 23.9 Å². The Bertz CT molecular complexity index is 949. The lowest BCUT2D eigenvalue weighted by Crippen LogP contribution is -2.31. The molecule has 4 nitrogen and oxygen atoms in total. The van der Waals surface area contributed by atoms with Crippen molar-refractivity contribution in [3.05, 3.63) is 94.3 Å². The number of rotatable bonds is 7. The van der Waals surface area contributed by atoms with Crippen molar-refractivity contribution < 1.29 is 4.79 Å². The molecule has 0 saturated carbocycles. The Morgan fingerprint density at radius 3 is 2.25 bits per heavy atom. The Labute approximate surface area is 171 Å². The third-order valence-corrected chi connectivity index (χ3v) is 5.08. The number of nitrogens with zero attached hydrogens (tertiary/aromatic N) is 3. The van der Waals surface area contributed by atoms with Crippen LogP contribution in [-0.4, -0.2) is 27.1 Å². The standard InChI is InChI=1S/C23H24ClN3O/c1-18-21(23(24)26(2)25-18)13-14-22(28)27(17-20-11-7-4-8-12-20)16-15-19-9-5-3-6-10-19/h3-14H,15-17H2,1-2H3/b14-13+. The van der Waals surface area contributed by atoms with Gasteiger partial charge in [0, 0.05) is 31.8 Å². The molecule has 0 fully saturated rings. The van der Waals surface area contributed by atoms with Gasteiger partial charge in [-0.25, -0.2) is 0 Å². The van der Waals surface area contributed by atoms with E-state index in [4.69, 9.17) is 11.6 Å². The van der Waals surface area contributed by atoms with Gasteiger partial charge in [0.05, 0.1) is 5.69 Å². The zero-order chi connectivity index (χ0) is 19.9. The van der Waals surface area contributed by atoms with Crippen molar-refractivity contribution in [1.29, 1.82) is 0 Å². The minimum Gasteiger partial charge on any atom is -0.335 e. The van der Waals surface area contributed by atoms with E-state index < -0.39 is 0 Å². The fourth-order valence-corrected chi connectivity index (χ4v) is 3.31. The topological polar surface area (TPSA) is 38.1 Å². The molecule has 0 aliphatic rings. The number of halogens is 1. The maximum absolute atomic E-state index is 12.9. The summed E-state index contributed by atoms with van der Waals surface area (Å²) in [6.07, 6.45) is 4.15. The van der Waals surface area contributed by atoms with Gasteiger partial charge in [0.2, 0.25) is 5.91 Å². The molecule has 1 aromatic heterocycles. The number of hydrogen-bond donors (Lipinski definition) is 0. The lowest BCUT2D eigenvalue weighted by Gasteiger charge is -2.21. The second kappa shape index (κ2) is 9.38. The molecule has 0 aliphatic heterocycles. The summed E-state index contributed by atoms with van der Waals surface area (Å²) in [5.41, 5.74) is 3.90. The molecule has 0 radical (unpaired) electrons. The highest BCUT2D eigenvalue weighted by molar-refractivity contribution is 6.31. The summed E-state index contributed by atoms with van der Waals surface area (Å²) in [6, 6.07) is 20.2. The summed E-state index contributed by atoms with van der Waals surface area (Å²) in [4.78, 5) is 14.8. The van der Waals surface area contributed by atoms with E-state index in [1.165, 1.54) is 5.56 Å². The number of aromatic nitrogens is 2. The zero-order valence-corrected chi connectivity index (χ0v) is 16.9. The zero-order valence-electron chi connectivity index (χ0n) is 16.2. The van der Waals surface area contributed by atoms with Crippen LogP contribution >= 0.6 is 11.6 Å². The van der Waals surface area contributed by atoms with E-state index in [9.17, 15) is 4.79 Å². The van der Waals surface area contributed by atoms with Crippen LogP contribution in [0.15, 0.2) is 66.7 Å². The Morgan fingerprint density at radius 1 is 1.07 bits per heavy atom. The van der Waals surface area contributed by atoms with Crippen molar-refractivity contribution in [2.45, 2.75) is 19.9 Å². The van der Waals surface area contributed by atoms with Gasteiger partial charge in [-0.2, -0.15) is 5.10 Å².